The lowest BCUT2D eigenvalue weighted by Crippen LogP contribution is -2.33. The molecule has 0 spiro atoms. The molecule has 0 unspecified atom stereocenters. The van der Waals surface area contributed by atoms with Gasteiger partial charge in [0.15, 0.2) is 0 Å². The average molecular weight is 329 g/mol. The molecule has 1 aromatic heterocycles. The number of amides is 1. The van der Waals surface area contributed by atoms with Gasteiger partial charge in [-0.05, 0) is 37.5 Å². The summed E-state index contributed by atoms with van der Waals surface area (Å²) in [5.74, 6) is -0.386. The number of hydrogen-bond donors (Lipinski definition) is 1. The van der Waals surface area contributed by atoms with E-state index in [2.05, 4.69) is 5.32 Å². The first-order chi connectivity index (χ1) is 11.3. The van der Waals surface area contributed by atoms with E-state index in [9.17, 15) is 19.7 Å². The Morgan fingerprint density at radius 3 is 2.58 bits per heavy atom. The predicted octanol–water partition coefficient (Wildman–Crippen LogP) is 2.25. The smallest absolute Gasteiger partial charge is 0.285 e. The van der Waals surface area contributed by atoms with E-state index in [4.69, 9.17) is 0 Å². The molecular formula is C17H19N3O4. The van der Waals surface area contributed by atoms with Crippen LogP contribution in [-0.2, 0) is 11.3 Å². The molecule has 0 saturated heterocycles. The third kappa shape index (κ3) is 4.07. The molecule has 1 atom stereocenters. The van der Waals surface area contributed by atoms with E-state index < -0.39 is 10.5 Å². The number of pyridine rings is 1. The third-order valence-corrected chi connectivity index (χ3v) is 3.90. The summed E-state index contributed by atoms with van der Waals surface area (Å²) in [6, 6.07) is 7.89. The van der Waals surface area contributed by atoms with Crippen LogP contribution >= 0.6 is 0 Å². The standard InChI is InChI=1S/C17H19N3O4/c1-11-4-5-14(8-12(11)2)13(3)18-16(21)10-19-9-15(20(23)24)6-7-17(19)22/h4-9,13H,10H2,1-3H3,(H,18,21)/t13-/m1/s1. The van der Waals surface area contributed by atoms with Gasteiger partial charge in [-0.15, -0.1) is 0 Å². The lowest BCUT2D eigenvalue weighted by atomic mass is 10.0. The first-order valence-corrected chi connectivity index (χ1v) is 7.49. The fourth-order valence-corrected chi connectivity index (χ4v) is 2.31. The second-order valence-corrected chi connectivity index (χ2v) is 5.74. The molecule has 1 amide bonds. The molecule has 7 nitrogen and oxygen atoms in total. The number of benzene rings is 1. The summed E-state index contributed by atoms with van der Waals surface area (Å²) in [6.45, 7) is 5.58. The van der Waals surface area contributed by atoms with Gasteiger partial charge in [-0.3, -0.25) is 24.3 Å². The van der Waals surface area contributed by atoms with Crippen LogP contribution in [-0.4, -0.2) is 15.4 Å². The fourth-order valence-electron chi connectivity index (χ4n) is 2.31. The normalized spacial score (nSPS) is 11.8. The Kier molecular flexibility index (Phi) is 5.13. The van der Waals surface area contributed by atoms with Crippen LogP contribution in [0.1, 0.15) is 29.7 Å². The number of hydrogen-bond acceptors (Lipinski definition) is 4. The number of nitrogens with one attached hydrogen (secondary N) is 1. The highest BCUT2D eigenvalue weighted by Gasteiger charge is 2.13. The molecule has 0 aliphatic heterocycles. The Labute approximate surface area is 139 Å². The number of nitro groups is 1. The fraction of sp³-hybridized carbons (Fsp3) is 0.294. The summed E-state index contributed by atoms with van der Waals surface area (Å²) in [5.41, 5.74) is 2.56. The van der Waals surface area contributed by atoms with Crippen molar-refractivity contribution in [3.8, 4) is 0 Å². The summed E-state index contributed by atoms with van der Waals surface area (Å²) in [6.07, 6.45) is 1.07. The van der Waals surface area contributed by atoms with E-state index in [1.54, 1.807) is 0 Å². The summed E-state index contributed by atoms with van der Waals surface area (Å²) in [4.78, 5) is 34.0. The molecule has 0 aliphatic rings. The summed E-state index contributed by atoms with van der Waals surface area (Å²) >= 11 is 0. The lowest BCUT2D eigenvalue weighted by molar-refractivity contribution is -0.385. The van der Waals surface area contributed by atoms with E-state index >= 15 is 0 Å². The van der Waals surface area contributed by atoms with Gasteiger partial charge >= 0.3 is 0 Å². The number of aromatic nitrogens is 1. The summed E-state index contributed by atoms with van der Waals surface area (Å²) in [7, 11) is 0. The van der Waals surface area contributed by atoms with Crippen molar-refractivity contribution in [2.24, 2.45) is 0 Å². The van der Waals surface area contributed by atoms with Crippen LogP contribution in [0.15, 0.2) is 41.3 Å². The largest absolute Gasteiger partial charge is 0.348 e. The van der Waals surface area contributed by atoms with E-state index in [0.717, 1.165) is 34.0 Å². The van der Waals surface area contributed by atoms with Crippen molar-refractivity contribution >= 4 is 11.6 Å². The molecular weight excluding hydrogens is 310 g/mol. The minimum Gasteiger partial charge on any atom is -0.348 e. The number of nitrogens with zero attached hydrogens (tertiary/aromatic N) is 2. The van der Waals surface area contributed by atoms with E-state index in [-0.39, 0.29) is 24.2 Å². The van der Waals surface area contributed by atoms with Gasteiger partial charge in [-0.25, -0.2) is 0 Å². The molecule has 0 bridgehead atoms. The maximum Gasteiger partial charge on any atom is 0.285 e. The van der Waals surface area contributed by atoms with Crippen molar-refractivity contribution in [3.05, 3.63) is 73.7 Å². The van der Waals surface area contributed by atoms with E-state index in [0.29, 0.717) is 0 Å². The highest BCUT2D eigenvalue weighted by atomic mass is 16.6. The number of rotatable bonds is 5. The molecule has 7 heteroatoms. The Morgan fingerprint density at radius 1 is 1.25 bits per heavy atom. The van der Waals surface area contributed by atoms with Gasteiger partial charge in [-0.2, -0.15) is 0 Å². The van der Waals surface area contributed by atoms with Crippen molar-refractivity contribution in [2.75, 3.05) is 0 Å². The highest BCUT2D eigenvalue weighted by Crippen LogP contribution is 2.16. The topological polar surface area (TPSA) is 94.2 Å². The molecule has 0 saturated carbocycles. The van der Waals surface area contributed by atoms with Gasteiger partial charge in [0.2, 0.25) is 5.91 Å². The minimum absolute atomic E-state index is 0.230. The Bertz CT molecular complexity index is 842. The van der Waals surface area contributed by atoms with Gasteiger partial charge in [0.05, 0.1) is 17.2 Å². The van der Waals surface area contributed by atoms with Crippen molar-refractivity contribution in [2.45, 2.75) is 33.4 Å². The average Bonchev–Trinajstić information content (AvgIpc) is 2.51. The molecule has 1 heterocycles. The van der Waals surface area contributed by atoms with Crippen molar-refractivity contribution in [3.63, 3.8) is 0 Å². The summed E-state index contributed by atoms with van der Waals surface area (Å²) < 4.78 is 1.03. The Morgan fingerprint density at radius 2 is 1.96 bits per heavy atom. The SMILES string of the molecule is Cc1ccc([C@@H](C)NC(=O)Cn2cc([N+](=O)[O-])ccc2=O)cc1C. The Balaban J connectivity index is 2.10. The second-order valence-electron chi connectivity index (χ2n) is 5.74. The van der Waals surface area contributed by atoms with Crippen LogP contribution in [0, 0.1) is 24.0 Å². The van der Waals surface area contributed by atoms with Gasteiger partial charge in [-0.1, -0.05) is 18.2 Å². The first kappa shape index (κ1) is 17.4. The van der Waals surface area contributed by atoms with Gasteiger partial charge in [0.25, 0.3) is 11.2 Å². The van der Waals surface area contributed by atoms with E-state index in [1.165, 1.54) is 5.56 Å². The molecule has 0 aliphatic carbocycles. The van der Waals surface area contributed by atoms with Crippen molar-refractivity contribution in [1.82, 2.24) is 9.88 Å². The lowest BCUT2D eigenvalue weighted by Gasteiger charge is -2.16. The van der Waals surface area contributed by atoms with Crippen LogP contribution < -0.4 is 10.9 Å². The van der Waals surface area contributed by atoms with Gasteiger partial charge in [0.1, 0.15) is 6.54 Å². The molecule has 24 heavy (non-hydrogen) atoms. The quantitative estimate of drug-likeness (QED) is 0.672. The highest BCUT2D eigenvalue weighted by molar-refractivity contribution is 5.76. The maximum atomic E-state index is 12.1. The van der Waals surface area contributed by atoms with Gasteiger partial charge < -0.3 is 5.32 Å². The Hall–Kier alpha value is -2.96. The van der Waals surface area contributed by atoms with E-state index in [1.807, 2.05) is 39.0 Å². The maximum absolute atomic E-state index is 12.1. The van der Waals surface area contributed by atoms with Crippen LogP contribution in [0.2, 0.25) is 0 Å². The molecule has 1 N–H and O–H groups in total. The number of aryl methyl sites for hydroxylation is 2. The molecule has 2 aromatic rings. The molecule has 1 aromatic carbocycles. The second kappa shape index (κ2) is 7.08. The first-order valence-electron chi connectivity index (χ1n) is 7.49. The molecule has 0 fully saturated rings. The van der Waals surface area contributed by atoms with Crippen molar-refractivity contribution in [1.29, 1.82) is 0 Å². The van der Waals surface area contributed by atoms with Crippen LogP contribution in [0.3, 0.4) is 0 Å². The zero-order valence-corrected chi connectivity index (χ0v) is 13.8. The monoisotopic (exact) mass is 329 g/mol. The number of carbonyl (C=O) groups is 1. The third-order valence-electron chi connectivity index (χ3n) is 3.90. The van der Waals surface area contributed by atoms with Crippen LogP contribution in [0.4, 0.5) is 5.69 Å². The van der Waals surface area contributed by atoms with Crippen LogP contribution in [0.25, 0.3) is 0 Å². The number of carbonyl (C=O) groups excluding carboxylic acids is 1. The van der Waals surface area contributed by atoms with Crippen molar-refractivity contribution < 1.29 is 9.72 Å². The zero-order chi connectivity index (χ0) is 17.9. The molecule has 0 radical (unpaired) electrons. The summed E-state index contributed by atoms with van der Waals surface area (Å²) in [5, 5.41) is 13.6. The minimum atomic E-state index is -0.606. The molecule has 126 valence electrons. The zero-order valence-electron chi connectivity index (χ0n) is 13.8. The van der Waals surface area contributed by atoms with Gasteiger partial charge in [0, 0.05) is 12.1 Å². The molecule has 2 rings (SSSR count). The predicted molar refractivity (Wildman–Crippen MR) is 89.8 cm³/mol. The van der Waals surface area contributed by atoms with Crippen LogP contribution in [0.5, 0.6) is 0 Å².